The molecule has 0 atom stereocenters. The standard InChI is InChI=1S/C42H30N4/c1-45-39-23-29(37-17-9-15-35(43-37)27-11-5-3-6-12-27)19-21-31(39)33-26-42-34(25-41(33)45)32-22-20-30(24-40(32)46(42)2)38-18-10-16-36(44-38)28-13-7-4-8-14-28/h3-26H,1-2H3. The summed E-state index contributed by atoms with van der Waals surface area (Å²) in [5.41, 5.74) is 13.2. The van der Waals surface area contributed by atoms with Gasteiger partial charge in [-0.3, -0.25) is 0 Å². The summed E-state index contributed by atoms with van der Waals surface area (Å²) in [6.45, 7) is 0. The second-order valence-electron chi connectivity index (χ2n) is 12.0. The van der Waals surface area contributed by atoms with Crippen molar-refractivity contribution in [3.05, 3.63) is 146 Å². The molecule has 0 amide bonds. The monoisotopic (exact) mass is 590 g/mol. The van der Waals surface area contributed by atoms with Crippen LogP contribution < -0.4 is 0 Å². The van der Waals surface area contributed by atoms with Crippen LogP contribution in [-0.2, 0) is 14.1 Å². The second-order valence-corrected chi connectivity index (χ2v) is 12.0. The van der Waals surface area contributed by atoms with E-state index in [9.17, 15) is 0 Å². The van der Waals surface area contributed by atoms with Crippen LogP contribution in [0.2, 0.25) is 0 Å². The third kappa shape index (κ3) is 4.15. The molecule has 0 radical (unpaired) electrons. The molecule has 4 nitrogen and oxygen atoms in total. The summed E-state index contributed by atoms with van der Waals surface area (Å²) in [5.74, 6) is 0. The second kappa shape index (κ2) is 10.3. The fraction of sp³-hybridized carbons (Fsp3) is 0.0476. The smallest absolute Gasteiger partial charge is 0.0710 e. The Morgan fingerprint density at radius 3 is 1.11 bits per heavy atom. The van der Waals surface area contributed by atoms with Gasteiger partial charge >= 0.3 is 0 Å². The number of fused-ring (bicyclic) bond motifs is 6. The summed E-state index contributed by atoms with van der Waals surface area (Å²) in [7, 11) is 4.34. The molecule has 5 aromatic carbocycles. The zero-order valence-corrected chi connectivity index (χ0v) is 25.6. The van der Waals surface area contributed by atoms with E-state index in [1.807, 2.05) is 12.1 Å². The molecule has 4 aromatic heterocycles. The van der Waals surface area contributed by atoms with Crippen LogP contribution in [0, 0.1) is 0 Å². The molecule has 46 heavy (non-hydrogen) atoms. The van der Waals surface area contributed by atoms with Crippen molar-refractivity contribution in [2.24, 2.45) is 14.1 Å². The Balaban J connectivity index is 1.15. The van der Waals surface area contributed by atoms with Crippen LogP contribution in [0.3, 0.4) is 0 Å². The predicted molar refractivity (Wildman–Crippen MR) is 192 cm³/mol. The number of aromatic nitrogens is 4. The van der Waals surface area contributed by atoms with Gasteiger partial charge in [-0.1, -0.05) is 97.1 Å². The van der Waals surface area contributed by atoms with Crippen molar-refractivity contribution in [1.29, 1.82) is 0 Å². The fourth-order valence-electron chi connectivity index (χ4n) is 6.95. The van der Waals surface area contributed by atoms with Crippen LogP contribution in [-0.4, -0.2) is 19.1 Å². The Kier molecular flexibility index (Phi) is 5.90. The lowest BCUT2D eigenvalue weighted by molar-refractivity contribution is 1.01. The van der Waals surface area contributed by atoms with Crippen molar-refractivity contribution < 1.29 is 0 Å². The number of pyridine rings is 2. The van der Waals surface area contributed by atoms with E-state index in [1.165, 1.54) is 43.6 Å². The largest absolute Gasteiger partial charge is 0.344 e. The maximum atomic E-state index is 5.02. The minimum absolute atomic E-state index is 0.976. The van der Waals surface area contributed by atoms with Crippen LogP contribution in [0.1, 0.15) is 0 Å². The summed E-state index contributed by atoms with van der Waals surface area (Å²) in [5, 5.41) is 5.00. The van der Waals surface area contributed by atoms with Crippen molar-refractivity contribution in [3.63, 3.8) is 0 Å². The molecule has 0 aliphatic carbocycles. The van der Waals surface area contributed by atoms with Crippen molar-refractivity contribution in [1.82, 2.24) is 19.1 Å². The molecular formula is C42H30N4. The van der Waals surface area contributed by atoms with Crippen molar-refractivity contribution >= 4 is 43.6 Å². The lowest BCUT2D eigenvalue weighted by Crippen LogP contribution is -1.90. The van der Waals surface area contributed by atoms with E-state index >= 15 is 0 Å². The topological polar surface area (TPSA) is 35.6 Å². The van der Waals surface area contributed by atoms with E-state index in [1.54, 1.807) is 0 Å². The first-order valence-corrected chi connectivity index (χ1v) is 15.6. The van der Waals surface area contributed by atoms with Gasteiger partial charge in [0.15, 0.2) is 0 Å². The van der Waals surface area contributed by atoms with Gasteiger partial charge in [0.05, 0.1) is 22.8 Å². The molecule has 0 aliphatic heterocycles. The third-order valence-corrected chi connectivity index (χ3v) is 9.36. The molecule has 0 bridgehead atoms. The fourth-order valence-corrected chi connectivity index (χ4v) is 6.95. The molecule has 9 aromatic rings. The van der Waals surface area contributed by atoms with E-state index in [2.05, 4.69) is 157 Å². The van der Waals surface area contributed by atoms with Gasteiger partial charge in [0.25, 0.3) is 0 Å². The Hall–Kier alpha value is -6.00. The highest BCUT2D eigenvalue weighted by Crippen LogP contribution is 2.38. The minimum Gasteiger partial charge on any atom is -0.344 e. The molecule has 0 N–H and O–H groups in total. The highest BCUT2D eigenvalue weighted by molar-refractivity contribution is 6.18. The minimum atomic E-state index is 0.976. The molecular weight excluding hydrogens is 560 g/mol. The zero-order valence-electron chi connectivity index (χ0n) is 25.6. The van der Waals surface area contributed by atoms with E-state index in [0.29, 0.717) is 0 Å². The first-order valence-electron chi connectivity index (χ1n) is 15.6. The molecule has 4 heterocycles. The zero-order chi connectivity index (χ0) is 30.8. The average molecular weight is 591 g/mol. The number of aryl methyl sites for hydroxylation is 2. The van der Waals surface area contributed by atoms with E-state index in [-0.39, 0.29) is 0 Å². The Morgan fingerprint density at radius 2 is 0.696 bits per heavy atom. The van der Waals surface area contributed by atoms with Crippen LogP contribution in [0.25, 0.3) is 88.6 Å². The van der Waals surface area contributed by atoms with Crippen LogP contribution in [0.5, 0.6) is 0 Å². The highest BCUT2D eigenvalue weighted by atomic mass is 15.0. The Labute approximate surface area is 266 Å². The first kappa shape index (κ1) is 26.4. The normalized spacial score (nSPS) is 11.7. The van der Waals surface area contributed by atoms with Crippen LogP contribution in [0.4, 0.5) is 0 Å². The maximum absolute atomic E-state index is 5.02. The van der Waals surface area contributed by atoms with Gasteiger partial charge in [-0.25, -0.2) is 9.97 Å². The summed E-state index contributed by atoms with van der Waals surface area (Å²) in [6, 6.07) is 51.4. The molecule has 0 fully saturated rings. The van der Waals surface area contributed by atoms with E-state index in [0.717, 1.165) is 45.0 Å². The maximum Gasteiger partial charge on any atom is 0.0710 e. The summed E-state index contributed by atoms with van der Waals surface area (Å²) in [4.78, 5) is 10.0. The van der Waals surface area contributed by atoms with Crippen molar-refractivity contribution in [3.8, 4) is 45.0 Å². The van der Waals surface area contributed by atoms with Gasteiger partial charge in [-0.2, -0.15) is 0 Å². The lowest BCUT2D eigenvalue weighted by atomic mass is 10.0. The first-order chi connectivity index (χ1) is 22.6. The summed E-state index contributed by atoms with van der Waals surface area (Å²) >= 11 is 0. The average Bonchev–Trinajstić information content (AvgIpc) is 3.56. The third-order valence-electron chi connectivity index (χ3n) is 9.36. The lowest BCUT2D eigenvalue weighted by Gasteiger charge is -2.06. The number of nitrogens with zero attached hydrogens (tertiary/aromatic N) is 4. The predicted octanol–water partition coefficient (Wildman–Crippen LogP) is 10.4. The number of rotatable bonds is 4. The van der Waals surface area contributed by atoms with E-state index in [4.69, 9.17) is 9.97 Å². The number of hydrogen-bond donors (Lipinski definition) is 0. The molecule has 4 heteroatoms. The number of benzene rings is 5. The Bertz CT molecular complexity index is 2410. The quantitative estimate of drug-likeness (QED) is 0.204. The molecule has 0 saturated carbocycles. The van der Waals surface area contributed by atoms with Gasteiger partial charge in [0, 0.05) is 80.0 Å². The van der Waals surface area contributed by atoms with Gasteiger partial charge in [-0.05, 0) is 48.5 Å². The highest BCUT2D eigenvalue weighted by Gasteiger charge is 2.16. The van der Waals surface area contributed by atoms with Gasteiger partial charge in [0.1, 0.15) is 0 Å². The van der Waals surface area contributed by atoms with Crippen LogP contribution in [0.15, 0.2) is 146 Å². The summed E-state index contributed by atoms with van der Waals surface area (Å²) < 4.78 is 4.64. The van der Waals surface area contributed by atoms with Gasteiger partial charge in [-0.15, -0.1) is 0 Å². The van der Waals surface area contributed by atoms with Crippen molar-refractivity contribution in [2.75, 3.05) is 0 Å². The van der Waals surface area contributed by atoms with Crippen molar-refractivity contribution in [2.45, 2.75) is 0 Å². The van der Waals surface area contributed by atoms with Gasteiger partial charge in [0.2, 0.25) is 0 Å². The van der Waals surface area contributed by atoms with Crippen LogP contribution >= 0.6 is 0 Å². The SMILES string of the molecule is Cn1c2cc(-c3cccc(-c4ccccc4)n3)ccc2c2cc3c(cc21)c1ccc(-c2cccc(-c4ccccc4)n2)cc1n3C. The summed E-state index contributed by atoms with van der Waals surface area (Å²) in [6.07, 6.45) is 0. The molecule has 9 rings (SSSR count). The van der Waals surface area contributed by atoms with Gasteiger partial charge < -0.3 is 9.13 Å². The molecule has 0 spiro atoms. The molecule has 0 aliphatic rings. The molecule has 0 saturated heterocycles. The number of hydrogen-bond acceptors (Lipinski definition) is 2. The molecule has 0 unspecified atom stereocenters. The Morgan fingerprint density at radius 1 is 0.326 bits per heavy atom. The van der Waals surface area contributed by atoms with E-state index < -0.39 is 0 Å². The molecule has 218 valence electrons.